The maximum atomic E-state index is 10.1. The van der Waals surface area contributed by atoms with Crippen molar-refractivity contribution in [3.63, 3.8) is 0 Å². The third-order valence-corrected chi connectivity index (χ3v) is 4.18. The molecule has 0 aliphatic rings. The molecule has 0 atom stereocenters. The van der Waals surface area contributed by atoms with Crippen LogP contribution in [0.3, 0.4) is 0 Å². The molecule has 0 saturated carbocycles. The molecule has 3 aromatic rings. The minimum absolute atomic E-state index is 0. The second-order valence-electron chi connectivity index (χ2n) is 5.55. The van der Waals surface area contributed by atoms with E-state index in [0.717, 1.165) is 0 Å². The summed E-state index contributed by atoms with van der Waals surface area (Å²) in [6.45, 7) is 0. The standard InChI is InChI=1S/3C6H7O4P.2Pr/c3*7-11(8,9)10-6-4-2-1-3-5-6;;/h3*1-5H,(H2,7,8,9);;/q;;;2*+3/p-6. The zero-order chi connectivity index (χ0) is 25.0. The fourth-order valence-corrected chi connectivity index (χ4v) is 2.97. The molecule has 0 unspecified atom stereocenters. The Morgan fingerprint density at radius 3 is 0.714 bits per heavy atom. The Balaban J connectivity index is 0. The average Bonchev–Trinajstić information content (AvgIpc) is 2.67. The summed E-state index contributed by atoms with van der Waals surface area (Å²) in [5.41, 5.74) is 0. The molecule has 0 radical (unpaired) electrons. The molecular formula is C18H15O12P3Pr2. The summed E-state index contributed by atoms with van der Waals surface area (Å²) in [6.07, 6.45) is 0. The molecule has 3 rings (SSSR count). The van der Waals surface area contributed by atoms with Crippen molar-refractivity contribution in [2.75, 3.05) is 0 Å². The summed E-state index contributed by atoms with van der Waals surface area (Å²) in [6, 6.07) is 22.9. The minimum atomic E-state index is -4.89. The molecule has 0 aliphatic heterocycles. The van der Waals surface area contributed by atoms with Crippen LogP contribution in [0.5, 0.6) is 17.2 Å². The van der Waals surface area contributed by atoms with Gasteiger partial charge < -0.3 is 56.6 Å². The van der Waals surface area contributed by atoms with Crippen molar-refractivity contribution in [1.82, 2.24) is 0 Å². The van der Waals surface area contributed by atoms with Gasteiger partial charge in [-0.1, -0.05) is 54.6 Å². The Morgan fingerprint density at radius 1 is 0.400 bits per heavy atom. The van der Waals surface area contributed by atoms with Crippen molar-refractivity contribution >= 4 is 23.5 Å². The number of phosphoric ester groups is 3. The van der Waals surface area contributed by atoms with E-state index in [-0.39, 0.29) is 99.8 Å². The Bertz CT molecular complexity index is 948. The number of para-hydroxylation sites is 3. The SMILES string of the molecule is O=P([O-])([O-])Oc1ccccc1.O=P([O-])([O-])Oc1ccccc1.O=P([O-])([O-])Oc1ccccc1.[Pr+3].[Pr+3]. The van der Waals surface area contributed by atoms with E-state index in [1.54, 1.807) is 54.6 Å². The Kier molecular flexibility index (Phi) is 19.7. The first-order valence-corrected chi connectivity index (χ1v) is 12.9. The van der Waals surface area contributed by atoms with E-state index in [4.69, 9.17) is 0 Å². The summed E-state index contributed by atoms with van der Waals surface area (Å²) >= 11 is 0. The fraction of sp³-hybridized carbons (Fsp3) is 0. The van der Waals surface area contributed by atoms with E-state index in [1.165, 1.54) is 36.4 Å². The first-order chi connectivity index (χ1) is 15.2. The van der Waals surface area contributed by atoms with E-state index in [2.05, 4.69) is 13.6 Å². The molecule has 0 aromatic heterocycles. The fourth-order valence-electron chi connectivity index (χ4n) is 1.83. The van der Waals surface area contributed by atoms with Gasteiger partial charge in [0.15, 0.2) is 0 Å². The molecule has 0 fully saturated rings. The van der Waals surface area contributed by atoms with Crippen LogP contribution in [0.2, 0.25) is 0 Å². The Morgan fingerprint density at radius 2 is 0.571 bits per heavy atom. The molecule has 35 heavy (non-hydrogen) atoms. The van der Waals surface area contributed by atoms with Gasteiger partial charge in [0.2, 0.25) is 0 Å². The van der Waals surface area contributed by atoms with Gasteiger partial charge >= 0.3 is 82.6 Å². The van der Waals surface area contributed by atoms with Gasteiger partial charge in [-0.25, -0.2) is 0 Å². The smallest absolute Gasteiger partial charge is 0.780 e. The van der Waals surface area contributed by atoms with E-state index in [9.17, 15) is 43.1 Å². The summed E-state index contributed by atoms with van der Waals surface area (Å²) in [5, 5.41) is 0. The topological polar surface area (TPSA) is 217 Å². The minimum Gasteiger partial charge on any atom is -0.780 e. The van der Waals surface area contributed by atoms with E-state index >= 15 is 0 Å². The predicted molar refractivity (Wildman–Crippen MR) is 104 cm³/mol. The molecule has 0 N–H and O–H groups in total. The van der Waals surface area contributed by atoms with E-state index in [0.29, 0.717) is 0 Å². The van der Waals surface area contributed by atoms with Crippen LogP contribution in [0.1, 0.15) is 0 Å². The third kappa shape index (κ3) is 23.1. The molecule has 0 amide bonds. The second kappa shape index (κ2) is 18.5. The van der Waals surface area contributed by atoms with Gasteiger partial charge in [0.25, 0.3) is 0 Å². The molecule has 180 valence electrons. The van der Waals surface area contributed by atoms with Gasteiger partial charge in [-0.2, -0.15) is 0 Å². The molecule has 0 saturated heterocycles. The maximum Gasteiger partial charge on any atom is 3.00 e. The van der Waals surface area contributed by atoms with Crippen LogP contribution in [0.4, 0.5) is 0 Å². The first kappa shape index (κ1) is 37.4. The molecule has 12 nitrogen and oxygen atoms in total. The zero-order valence-corrected chi connectivity index (χ0v) is 27.6. The third-order valence-electron chi connectivity index (χ3n) is 2.88. The monoisotopic (exact) mass is 798 g/mol. The number of phosphoric acid groups is 3. The molecule has 17 heteroatoms. The zero-order valence-electron chi connectivity index (χ0n) is 17.6. The van der Waals surface area contributed by atoms with Crippen molar-refractivity contribution in [2.45, 2.75) is 0 Å². The summed E-state index contributed by atoms with van der Waals surface area (Å²) in [5.74, 6) is 0.127. The van der Waals surface area contributed by atoms with Crippen LogP contribution in [0, 0.1) is 82.6 Å². The molecule has 0 bridgehead atoms. The van der Waals surface area contributed by atoms with Gasteiger partial charge in [0.05, 0.1) is 0 Å². The summed E-state index contributed by atoms with van der Waals surface area (Å²) in [7, 11) is -14.7. The Labute approximate surface area is 267 Å². The summed E-state index contributed by atoms with van der Waals surface area (Å²) < 4.78 is 42.3. The van der Waals surface area contributed by atoms with Crippen LogP contribution < -0.4 is 42.9 Å². The number of hydrogen-bond acceptors (Lipinski definition) is 12. The molecule has 0 heterocycles. The van der Waals surface area contributed by atoms with Gasteiger partial charge in [-0.3, -0.25) is 0 Å². The quantitative estimate of drug-likeness (QED) is 0.294. The van der Waals surface area contributed by atoms with Crippen LogP contribution in [0.25, 0.3) is 0 Å². The predicted octanol–water partition coefficient (Wildman–Crippen LogP) is -0.318. The molecule has 0 aliphatic carbocycles. The second-order valence-corrected chi connectivity index (χ2v) is 8.79. The average molecular weight is 798 g/mol. The van der Waals surface area contributed by atoms with Gasteiger partial charge in [-0.05, 0) is 36.4 Å². The van der Waals surface area contributed by atoms with Crippen molar-refractivity contribution < 1.29 is 139 Å². The number of hydrogen-bond donors (Lipinski definition) is 0. The number of benzene rings is 3. The largest absolute Gasteiger partial charge is 3.00 e. The van der Waals surface area contributed by atoms with Crippen LogP contribution in [0.15, 0.2) is 91.0 Å². The molecule has 3 aromatic carbocycles. The van der Waals surface area contributed by atoms with Crippen LogP contribution >= 0.6 is 23.5 Å². The van der Waals surface area contributed by atoms with Crippen LogP contribution in [-0.2, 0) is 13.7 Å². The molecular weight excluding hydrogens is 783 g/mol. The van der Waals surface area contributed by atoms with Gasteiger partial charge in [-0.15, -0.1) is 0 Å². The van der Waals surface area contributed by atoms with Crippen molar-refractivity contribution in [1.29, 1.82) is 0 Å². The van der Waals surface area contributed by atoms with E-state index in [1.807, 2.05) is 0 Å². The normalized spacial score (nSPS) is 10.5. The van der Waals surface area contributed by atoms with Crippen molar-refractivity contribution in [3.8, 4) is 17.2 Å². The van der Waals surface area contributed by atoms with Crippen molar-refractivity contribution in [3.05, 3.63) is 91.0 Å². The van der Waals surface area contributed by atoms with E-state index < -0.39 is 23.5 Å². The Hall–Kier alpha value is 0.237. The van der Waals surface area contributed by atoms with Gasteiger partial charge in [0.1, 0.15) is 40.7 Å². The molecule has 0 spiro atoms. The van der Waals surface area contributed by atoms with Crippen LogP contribution in [-0.4, -0.2) is 0 Å². The maximum absolute atomic E-state index is 10.1. The summed E-state index contributed by atoms with van der Waals surface area (Å²) in [4.78, 5) is 60.3. The van der Waals surface area contributed by atoms with Gasteiger partial charge in [0, 0.05) is 0 Å². The first-order valence-electron chi connectivity index (χ1n) is 8.54. The van der Waals surface area contributed by atoms with Crippen molar-refractivity contribution in [2.24, 2.45) is 0 Å². The number of rotatable bonds is 6.